The highest BCUT2D eigenvalue weighted by Gasteiger charge is 2.31. The average Bonchev–Trinajstić information content (AvgIpc) is 3.15. The fraction of sp³-hybridized carbons (Fsp3) is 0.500. The summed E-state index contributed by atoms with van der Waals surface area (Å²) >= 11 is 0. The summed E-state index contributed by atoms with van der Waals surface area (Å²) in [6, 6.07) is 7.33. The Morgan fingerprint density at radius 2 is 1.93 bits per heavy atom. The van der Waals surface area contributed by atoms with Crippen LogP contribution in [0.4, 0.5) is 0 Å². The van der Waals surface area contributed by atoms with Gasteiger partial charge in [-0.1, -0.05) is 12.1 Å². The number of esters is 1. The van der Waals surface area contributed by atoms with Crippen molar-refractivity contribution in [1.29, 1.82) is 0 Å². The van der Waals surface area contributed by atoms with Gasteiger partial charge in [0.25, 0.3) is 0 Å². The van der Waals surface area contributed by atoms with Gasteiger partial charge in [-0.15, -0.1) is 0 Å². The van der Waals surface area contributed by atoms with Crippen LogP contribution in [-0.2, 0) is 27.7 Å². The third kappa shape index (κ3) is 4.44. The second-order valence-electron chi connectivity index (χ2n) is 7.51. The largest absolute Gasteiger partial charge is 0.465 e. The van der Waals surface area contributed by atoms with Crippen molar-refractivity contribution in [2.45, 2.75) is 39.4 Å². The molecule has 0 radical (unpaired) electrons. The first-order chi connectivity index (χ1) is 13.2. The van der Waals surface area contributed by atoms with Crippen LogP contribution in [0.15, 0.2) is 24.3 Å². The number of methoxy groups -OCH3 is 1. The zero-order chi connectivity index (χ0) is 20.5. The maximum absolute atomic E-state index is 11.8. The van der Waals surface area contributed by atoms with E-state index in [0.717, 1.165) is 35.6 Å². The number of aromatic nitrogens is 2. The molecule has 1 fully saturated rings. The van der Waals surface area contributed by atoms with Gasteiger partial charge in [0.15, 0.2) is 9.84 Å². The summed E-state index contributed by atoms with van der Waals surface area (Å²) in [5.74, 6) is 0.0800. The van der Waals surface area contributed by atoms with Crippen molar-refractivity contribution in [2.75, 3.05) is 25.7 Å². The van der Waals surface area contributed by atoms with E-state index in [4.69, 9.17) is 4.74 Å². The number of carbonyl (C=O) groups excluding carboxylic acids is 1. The number of aryl methyl sites for hydroxylation is 1. The van der Waals surface area contributed by atoms with Crippen molar-refractivity contribution in [2.24, 2.45) is 0 Å². The van der Waals surface area contributed by atoms with Crippen LogP contribution in [0.1, 0.15) is 45.3 Å². The van der Waals surface area contributed by atoms with Crippen molar-refractivity contribution in [3.63, 3.8) is 0 Å². The standard InChI is InChI=1S/C20H27N3O4S/c1-14-19(15(2)23(21-14)18-9-10-28(25,26)13-18)12-22(3)11-16-5-7-17(8-6-16)20(24)27-4/h5-8,18H,9-13H2,1-4H3/t18-/m0/s1. The first kappa shape index (κ1) is 20.5. The monoisotopic (exact) mass is 405 g/mol. The van der Waals surface area contributed by atoms with E-state index in [1.807, 2.05) is 37.7 Å². The van der Waals surface area contributed by atoms with Gasteiger partial charge in [0.2, 0.25) is 0 Å². The number of rotatable bonds is 6. The molecule has 1 atom stereocenters. The Labute approximate surface area is 166 Å². The molecule has 1 aromatic carbocycles. The van der Waals surface area contributed by atoms with Crippen LogP contribution in [0.5, 0.6) is 0 Å². The van der Waals surface area contributed by atoms with Crippen LogP contribution >= 0.6 is 0 Å². The minimum atomic E-state index is -2.94. The number of benzene rings is 1. The SMILES string of the molecule is COC(=O)c1ccc(CN(C)Cc2c(C)nn([C@H]3CCS(=O)(=O)C3)c2C)cc1. The highest BCUT2D eigenvalue weighted by molar-refractivity contribution is 7.91. The molecule has 0 aliphatic carbocycles. The van der Waals surface area contributed by atoms with E-state index in [1.54, 1.807) is 12.1 Å². The number of carbonyl (C=O) groups is 1. The molecule has 0 N–H and O–H groups in total. The summed E-state index contributed by atoms with van der Waals surface area (Å²) < 4.78 is 30.2. The molecule has 1 aliphatic rings. The molecule has 2 heterocycles. The molecule has 152 valence electrons. The van der Waals surface area contributed by atoms with Gasteiger partial charge in [-0.25, -0.2) is 13.2 Å². The molecule has 1 saturated heterocycles. The molecule has 0 bridgehead atoms. The minimum Gasteiger partial charge on any atom is -0.465 e. The molecule has 2 aromatic rings. The van der Waals surface area contributed by atoms with E-state index in [0.29, 0.717) is 12.0 Å². The lowest BCUT2D eigenvalue weighted by Gasteiger charge is -2.18. The van der Waals surface area contributed by atoms with Crippen molar-refractivity contribution >= 4 is 15.8 Å². The summed E-state index contributed by atoms with van der Waals surface area (Å²) in [7, 11) is 0.460. The fourth-order valence-corrected chi connectivity index (χ4v) is 5.44. The maximum atomic E-state index is 11.8. The lowest BCUT2D eigenvalue weighted by Crippen LogP contribution is -2.19. The second kappa shape index (κ2) is 8.05. The Morgan fingerprint density at radius 1 is 1.25 bits per heavy atom. The van der Waals surface area contributed by atoms with E-state index < -0.39 is 9.84 Å². The molecule has 1 aliphatic heterocycles. The van der Waals surface area contributed by atoms with Crippen LogP contribution in [0.3, 0.4) is 0 Å². The molecule has 0 saturated carbocycles. The third-order valence-corrected chi connectivity index (χ3v) is 7.04. The third-order valence-electron chi connectivity index (χ3n) is 5.28. The molecule has 1 aromatic heterocycles. The van der Waals surface area contributed by atoms with Crippen molar-refractivity contribution < 1.29 is 17.9 Å². The quantitative estimate of drug-likeness (QED) is 0.686. The van der Waals surface area contributed by atoms with E-state index in [2.05, 4.69) is 10.00 Å². The molecule has 3 rings (SSSR count). The first-order valence-electron chi connectivity index (χ1n) is 9.31. The van der Waals surface area contributed by atoms with E-state index in [1.165, 1.54) is 7.11 Å². The van der Waals surface area contributed by atoms with E-state index >= 15 is 0 Å². The van der Waals surface area contributed by atoms with Gasteiger partial charge in [0.1, 0.15) is 0 Å². The van der Waals surface area contributed by atoms with Crippen molar-refractivity contribution in [1.82, 2.24) is 14.7 Å². The van der Waals surface area contributed by atoms with E-state index in [-0.39, 0.29) is 23.5 Å². The van der Waals surface area contributed by atoms with Crippen molar-refractivity contribution in [3.05, 3.63) is 52.3 Å². The zero-order valence-electron chi connectivity index (χ0n) is 16.8. The molecule has 8 heteroatoms. The predicted octanol–water partition coefficient (Wildman–Crippen LogP) is 2.28. The first-order valence-corrected chi connectivity index (χ1v) is 11.1. The molecule has 0 unspecified atom stereocenters. The number of ether oxygens (including phenoxy) is 1. The lowest BCUT2D eigenvalue weighted by molar-refractivity contribution is 0.0600. The van der Waals surface area contributed by atoms with Gasteiger partial charge in [-0.2, -0.15) is 5.10 Å². The molecule has 0 spiro atoms. The van der Waals surface area contributed by atoms with Crippen LogP contribution in [0, 0.1) is 13.8 Å². The number of sulfone groups is 1. The summed E-state index contributed by atoms with van der Waals surface area (Å²) in [6.45, 7) is 5.43. The Hall–Kier alpha value is -2.19. The van der Waals surface area contributed by atoms with Gasteiger partial charge in [0, 0.05) is 24.3 Å². The molecular formula is C20H27N3O4S. The summed E-state index contributed by atoms with van der Waals surface area (Å²) in [5, 5.41) is 4.63. The highest BCUT2D eigenvalue weighted by atomic mass is 32.2. The fourth-order valence-electron chi connectivity index (χ4n) is 3.75. The zero-order valence-corrected chi connectivity index (χ0v) is 17.6. The summed E-state index contributed by atoms with van der Waals surface area (Å²) in [6.07, 6.45) is 0.631. The highest BCUT2D eigenvalue weighted by Crippen LogP contribution is 2.27. The van der Waals surface area contributed by atoms with Gasteiger partial charge < -0.3 is 4.74 Å². The lowest BCUT2D eigenvalue weighted by atomic mass is 10.1. The minimum absolute atomic E-state index is 0.0615. The molecule has 28 heavy (non-hydrogen) atoms. The van der Waals surface area contributed by atoms with Crippen LogP contribution in [0.25, 0.3) is 0 Å². The molecule has 0 amide bonds. The van der Waals surface area contributed by atoms with Gasteiger partial charge in [-0.05, 0) is 45.0 Å². The molecular weight excluding hydrogens is 378 g/mol. The Bertz CT molecular complexity index is 964. The predicted molar refractivity (Wildman–Crippen MR) is 107 cm³/mol. The number of hydrogen-bond donors (Lipinski definition) is 0. The average molecular weight is 406 g/mol. The maximum Gasteiger partial charge on any atom is 0.337 e. The Kier molecular flexibility index (Phi) is 5.90. The summed E-state index contributed by atoms with van der Waals surface area (Å²) in [4.78, 5) is 13.7. The van der Waals surface area contributed by atoms with E-state index in [9.17, 15) is 13.2 Å². The number of nitrogens with zero attached hydrogens (tertiary/aromatic N) is 3. The van der Waals surface area contributed by atoms with Crippen LogP contribution in [0.2, 0.25) is 0 Å². The normalized spacial score (nSPS) is 18.5. The Morgan fingerprint density at radius 3 is 2.50 bits per heavy atom. The van der Waals surface area contributed by atoms with Gasteiger partial charge >= 0.3 is 5.97 Å². The van der Waals surface area contributed by atoms with Crippen LogP contribution in [-0.4, -0.2) is 54.7 Å². The van der Waals surface area contributed by atoms with Gasteiger partial charge in [0.05, 0.1) is 35.9 Å². The Balaban J connectivity index is 1.69. The number of hydrogen-bond acceptors (Lipinski definition) is 6. The molecule has 7 nitrogen and oxygen atoms in total. The van der Waals surface area contributed by atoms with Crippen LogP contribution < -0.4 is 0 Å². The second-order valence-corrected chi connectivity index (χ2v) is 9.74. The topological polar surface area (TPSA) is 81.5 Å². The summed E-state index contributed by atoms with van der Waals surface area (Å²) in [5.41, 5.74) is 4.74. The van der Waals surface area contributed by atoms with Crippen molar-refractivity contribution in [3.8, 4) is 0 Å². The smallest absolute Gasteiger partial charge is 0.337 e. The van der Waals surface area contributed by atoms with Gasteiger partial charge in [-0.3, -0.25) is 9.58 Å².